The number of sulfonamides is 1. The van der Waals surface area contributed by atoms with Gasteiger partial charge in [-0.3, -0.25) is 4.79 Å². The van der Waals surface area contributed by atoms with Gasteiger partial charge in [-0.15, -0.1) is 0 Å². The molecule has 138 valence electrons. The Morgan fingerprint density at radius 2 is 1.96 bits per heavy atom. The molecule has 0 bridgehead atoms. The highest BCUT2D eigenvalue weighted by molar-refractivity contribution is 7.99. The average molecular weight is 385 g/mol. The standard InChI is InChI=1S/C17H24N2O4S2/c1-17(21)6-3-7-19(13-17)25(22,23)15-5-2-4-14(12-15)16(20)18-8-10-24-11-9-18/h2,4-5,12,21H,3,6-11,13H2,1H3/t17-/m1/s1. The van der Waals surface area contributed by atoms with Crippen molar-refractivity contribution in [2.75, 3.05) is 37.7 Å². The molecule has 2 saturated heterocycles. The maximum Gasteiger partial charge on any atom is 0.253 e. The molecule has 1 aromatic carbocycles. The molecule has 8 heteroatoms. The van der Waals surface area contributed by atoms with E-state index in [4.69, 9.17) is 0 Å². The molecule has 25 heavy (non-hydrogen) atoms. The van der Waals surface area contributed by atoms with Crippen LogP contribution in [0.3, 0.4) is 0 Å². The van der Waals surface area contributed by atoms with E-state index in [9.17, 15) is 18.3 Å². The van der Waals surface area contributed by atoms with Gasteiger partial charge in [0.05, 0.1) is 10.5 Å². The van der Waals surface area contributed by atoms with Crippen LogP contribution in [-0.2, 0) is 10.0 Å². The van der Waals surface area contributed by atoms with E-state index >= 15 is 0 Å². The van der Waals surface area contributed by atoms with Crippen LogP contribution in [0, 0.1) is 0 Å². The molecule has 0 aromatic heterocycles. The fourth-order valence-corrected chi connectivity index (χ4v) is 5.81. The van der Waals surface area contributed by atoms with Crippen molar-refractivity contribution in [1.82, 2.24) is 9.21 Å². The lowest BCUT2D eigenvalue weighted by Crippen LogP contribution is -2.48. The number of piperidine rings is 1. The summed E-state index contributed by atoms with van der Waals surface area (Å²) in [5.41, 5.74) is -0.610. The number of β-amino-alcohol motifs (C(OH)–C–C–N with tert-alkyl or cyclic N) is 1. The summed E-state index contributed by atoms with van der Waals surface area (Å²) in [7, 11) is -3.72. The van der Waals surface area contributed by atoms with Gasteiger partial charge in [0.2, 0.25) is 10.0 Å². The van der Waals surface area contributed by atoms with Gasteiger partial charge in [-0.05, 0) is 38.0 Å². The van der Waals surface area contributed by atoms with Crippen molar-refractivity contribution in [3.63, 3.8) is 0 Å². The molecule has 2 aliphatic rings. The molecular formula is C17H24N2O4S2. The summed E-state index contributed by atoms with van der Waals surface area (Å²) in [6.07, 6.45) is 1.21. The minimum atomic E-state index is -3.72. The first-order valence-corrected chi connectivity index (χ1v) is 11.1. The topological polar surface area (TPSA) is 77.9 Å². The second-order valence-electron chi connectivity index (χ2n) is 6.87. The number of carbonyl (C=O) groups excluding carboxylic acids is 1. The first-order chi connectivity index (χ1) is 11.8. The smallest absolute Gasteiger partial charge is 0.253 e. The molecule has 2 heterocycles. The molecule has 0 radical (unpaired) electrons. The zero-order valence-corrected chi connectivity index (χ0v) is 16.0. The van der Waals surface area contributed by atoms with Crippen LogP contribution in [-0.4, -0.2) is 71.9 Å². The molecule has 0 aliphatic carbocycles. The van der Waals surface area contributed by atoms with E-state index in [1.165, 1.54) is 16.4 Å². The first kappa shape index (κ1) is 18.7. The molecule has 0 unspecified atom stereocenters. The molecule has 0 saturated carbocycles. The van der Waals surface area contributed by atoms with E-state index in [0.29, 0.717) is 38.0 Å². The van der Waals surface area contributed by atoms with Crippen LogP contribution < -0.4 is 0 Å². The van der Waals surface area contributed by atoms with Crippen LogP contribution in [0.4, 0.5) is 0 Å². The van der Waals surface area contributed by atoms with Gasteiger partial charge >= 0.3 is 0 Å². The van der Waals surface area contributed by atoms with E-state index < -0.39 is 15.6 Å². The van der Waals surface area contributed by atoms with E-state index in [1.54, 1.807) is 24.0 Å². The molecule has 6 nitrogen and oxygen atoms in total. The van der Waals surface area contributed by atoms with Gasteiger partial charge in [0.1, 0.15) is 0 Å². The molecule has 2 fully saturated rings. The number of aliphatic hydroxyl groups is 1. The summed E-state index contributed by atoms with van der Waals surface area (Å²) in [5.74, 6) is 1.70. The van der Waals surface area contributed by atoms with Gasteiger partial charge in [-0.1, -0.05) is 6.07 Å². The Hall–Kier alpha value is -1.09. The minimum Gasteiger partial charge on any atom is -0.389 e. The Morgan fingerprint density at radius 1 is 1.24 bits per heavy atom. The number of carbonyl (C=O) groups is 1. The molecule has 2 aliphatic heterocycles. The average Bonchev–Trinajstić information content (AvgIpc) is 2.61. The van der Waals surface area contributed by atoms with Crippen molar-refractivity contribution in [3.8, 4) is 0 Å². The van der Waals surface area contributed by atoms with E-state index in [-0.39, 0.29) is 17.3 Å². The van der Waals surface area contributed by atoms with Crippen molar-refractivity contribution in [2.24, 2.45) is 0 Å². The third-order valence-electron chi connectivity index (χ3n) is 4.66. The van der Waals surface area contributed by atoms with Crippen LogP contribution in [0.15, 0.2) is 29.2 Å². The summed E-state index contributed by atoms with van der Waals surface area (Å²) in [6.45, 7) is 3.50. The monoisotopic (exact) mass is 384 g/mol. The zero-order valence-electron chi connectivity index (χ0n) is 14.3. The predicted molar refractivity (Wildman–Crippen MR) is 98.3 cm³/mol. The van der Waals surface area contributed by atoms with Crippen molar-refractivity contribution < 1.29 is 18.3 Å². The highest BCUT2D eigenvalue weighted by Gasteiger charge is 2.35. The van der Waals surface area contributed by atoms with Gasteiger partial charge in [0.15, 0.2) is 0 Å². The molecule has 3 rings (SSSR count). The van der Waals surface area contributed by atoms with Crippen LogP contribution in [0.5, 0.6) is 0 Å². The highest BCUT2D eigenvalue weighted by atomic mass is 32.2. The fourth-order valence-electron chi connectivity index (χ4n) is 3.27. The van der Waals surface area contributed by atoms with Gasteiger partial charge in [0, 0.05) is 43.2 Å². The van der Waals surface area contributed by atoms with Gasteiger partial charge in [-0.25, -0.2) is 8.42 Å². The molecule has 1 atom stereocenters. The van der Waals surface area contributed by atoms with Gasteiger partial charge < -0.3 is 10.0 Å². The second-order valence-corrected chi connectivity index (χ2v) is 10.0. The lowest BCUT2D eigenvalue weighted by atomic mass is 9.97. The number of benzene rings is 1. The maximum atomic E-state index is 12.9. The van der Waals surface area contributed by atoms with Crippen LogP contribution >= 0.6 is 11.8 Å². The van der Waals surface area contributed by atoms with Crippen molar-refractivity contribution in [1.29, 1.82) is 0 Å². The number of hydrogen-bond donors (Lipinski definition) is 1. The summed E-state index contributed by atoms with van der Waals surface area (Å²) in [5, 5.41) is 10.2. The Morgan fingerprint density at radius 3 is 2.64 bits per heavy atom. The Bertz CT molecular complexity index is 743. The maximum absolute atomic E-state index is 12.9. The fraction of sp³-hybridized carbons (Fsp3) is 0.588. The Labute approximate surface area is 153 Å². The lowest BCUT2D eigenvalue weighted by molar-refractivity contribution is 0.00939. The van der Waals surface area contributed by atoms with E-state index in [1.807, 2.05) is 11.8 Å². The van der Waals surface area contributed by atoms with Gasteiger partial charge in [-0.2, -0.15) is 16.1 Å². The molecule has 0 spiro atoms. The molecule has 1 aromatic rings. The summed E-state index contributed by atoms with van der Waals surface area (Å²) in [6, 6.07) is 6.25. The number of rotatable bonds is 3. The van der Waals surface area contributed by atoms with Gasteiger partial charge in [0.25, 0.3) is 5.91 Å². The molecular weight excluding hydrogens is 360 g/mol. The van der Waals surface area contributed by atoms with Crippen molar-refractivity contribution in [3.05, 3.63) is 29.8 Å². The predicted octanol–water partition coefficient (Wildman–Crippen LogP) is 1.41. The number of thioether (sulfide) groups is 1. The van der Waals surface area contributed by atoms with Crippen LogP contribution in [0.2, 0.25) is 0 Å². The van der Waals surface area contributed by atoms with Crippen LogP contribution in [0.25, 0.3) is 0 Å². The Balaban J connectivity index is 1.83. The second kappa shape index (κ2) is 7.26. The van der Waals surface area contributed by atoms with Crippen molar-refractivity contribution >= 4 is 27.7 Å². The minimum absolute atomic E-state index is 0.0802. The zero-order chi connectivity index (χ0) is 18.1. The van der Waals surface area contributed by atoms with E-state index in [2.05, 4.69) is 0 Å². The molecule has 1 amide bonds. The number of amides is 1. The number of nitrogens with zero attached hydrogens (tertiary/aromatic N) is 2. The first-order valence-electron chi connectivity index (χ1n) is 8.49. The third kappa shape index (κ3) is 4.19. The SMILES string of the molecule is C[C@@]1(O)CCCN(S(=O)(=O)c2cccc(C(=O)N3CCSCC3)c2)C1. The third-order valence-corrected chi connectivity index (χ3v) is 7.44. The normalized spacial score (nSPS) is 25.8. The number of hydrogen-bond acceptors (Lipinski definition) is 5. The molecule has 1 N–H and O–H groups in total. The highest BCUT2D eigenvalue weighted by Crippen LogP contribution is 2.26. The van der Waals surface area contributed by atoms with Crippen LogP contribution in [0.1, 0.15) is 30.1 Å². The summed E-state index contributed by atoms with van der Waals surface area (Å²) < 4.78 is 27.1. The summed E-state index contributed by atoms with van der Waals surface area (Å²) >= 11 is 1.82. The lowest BCUT2D eigenvalue weighted by Gasteiger charge is -2.36. The summed E-state index contributed by atoms with van der Waals surface area (Å²) in [4.78, 5) is 14.5. The van der Waals surface area contributed by atoms with E-state index in [0.717, 1.165) is 11.5 Å². The Kier molecular flexibility index (Phi) is 5.43. The van der Waals surface area contributed by atoms with Crippen molar-refractivity contribution in [2.45, 2.75) is 30.3 Å². The largest absolute Gasteiger partial charge is 0.389 e. The quantitative estimate of drug-likeness (QED) is 0.853.